The lowest BCUT2D eigenvalue weighted by molar-refractivity contribution is -0.144. The van der Waals surface area contributed by atoms with E-state index in [0.717, 1.165) is 0 Å². The Morgan fingerprint density at radius 1 is 1.21 bits per heavy atom. The van der Waals surface area contributed by atoms with Gasteiger partial charge in [-0.3, -0.25) is 9.36 Å². The largest absolute Gasteiger partial charge is 0.463 e. The molecule has 0 saturated carbocycles. The molecule has 0 fully saturated rings. The highest BCUT2D eigenvalue weighted by atomic mass is 16.5. The molecule has 0 unspecified atom stereocenters. The predicted octanol–water partition coefficient (Wildman–Crippen LogP) is 1.05. The first-order valence-electron chi connectivity index (χ1n) is 9.12. The number of benzene rings is 1. The van der Waals surface area contributed by atoms with Gasteiger partial charge in [-0.25, -0.2) is 14.4 Å². The summed E-state index contributed by atoms with van der Waals surface area (Å²) in [4.78, 5) is 48.0. The zero-order valence-corrected chi connectivity index (χ0v) is 16.0. The maximum atomic E-state index is 12.2. The number of ether oxygens (including phenoxy) is 2. The van der Waals surface area contributed by atoms with E-state index in [1.54, 1.807) is 38.1 Å². The van der Waals surface area contributed by atoms with Crippen LogP contribution in [0, 0.1) is 0 Å². The van der Waals surface area contributed by atoms with Crippen LogP contribution < -0.4 is 16.4 Å². The maximum absolute atomic E-state index is 12.2. The number of rotatable bonds is 7. The van der Waals surface area contributed by atoms with Crippen molar-refractivity contribution in [3.05, 3.63) is 46.1 Å². The molecule has 1 aromatic carbocycles. The minimum atomic E-state index is -0.602. The first-order chi connectivity index (χ1) is 13.9. The Bertz CT molecular complexity index is 1030. The molecule has 0 aliphatic carbocycles. The molecular weight excluding hydrogens is 382 g/mol. The van der Waals surface area contributed by atoms with E-state index in [2.05, 4.69) is 10.6 Å². The molecule has 3 rings (SSSR count). The molecule has 2 heterocycles. The molecule has 0 spiro atoms. The van der Waals surface area contributed by atoms with Gasteiger partial charge < -0.3 is 24.5 Å². The smallest absolute Gasteiger partial charge is 0.419 e. The molecular formula is C19H21N3O7. The van der Waals surface area contributed by atoms with E-state index in [0.29, 0.717) is 11.1 Å². The Hall–Kier alpha value is -3.56. The van der Waals surface area contributed by atoms with Crippen LogP contribution in [0.5, 0.6) is 0 Å². The van der Waals surface area contributed by atoms with Crippen molar-refractivity contribution in [3.8, 4) is 0 Å². The fraction of sp³-hybridized carbons (Fsp3) is 0.368. The molecule has 1 aromatic heterocycles. The number of fused-ring (bicyclic) bond motifs is 1. The molecule has 1 atom stereocenters. The summed E-state index contributed by atoms with van der Waals surface area (Å²) in [5.74, 6) is -1.76. The number of esters is 2. The number of para-hydroxylation sites is 2. The van der Waals surface area contributed by atoms with E-state index in [9.17, 15) is 19.2 Å². The fourth-order valence-electron chi connectivity index (χ4n) is 3.05. The average Bonchev–Trinajstić information content (AvgIpc) is 2.99. The monoisotopic (exact) mass is 403 g/mol. The first kappa shape index (κ1) is 20.2. The number of oxazole rings is 1. The molecule has 0 saturated heterocycles. The highest BCUT2D eigenvalue weighted by Crippen LogP contribution is 2.15. The molecule has 29 heavy (non-hydrogen) atoms. The van der Waals surface area contributed by atoms with Gasteiger partial charge in [-0.05, 0) is 26.0 Å². The lowest BCUT2D eigenvalue weighted by Crippen LogP contribution is -2.50. The highest BCUT2D eigenvalue weighted by molar-refractivity contribution is 5.94. The van der Waals surface area contributed by atoms with E-state index in [4.69, 9.17) is 13.9 Å². The summed E-state index contributed by atoms with van der Waals surface area (Å²) in [6.45, 7) is 3.24. The zero-order valence-electron chi connectivity index (χ0n) is 16.0. The molecule has 1 aliphatic heterocycles. The summed E-state index contributed by atoms with van der Waals surface area (Å²) in [7, 11) is 0. The van der Waals surface area contributed by atoms with Gasteiger partial charge in [-0.15, -0.1) is 0 Å². The van der Waals surface area contributed by atoms with Crippen LogP contribution in [0.4, 0.5) is 4.79 Å². The van der Waals surface area contributed by atoms with Crippen molar-refractivity contribution in [1.29, 1.82) is 0 Å². The molecule has 10 heteroatoms. The lowest BCUT2D eigenvalue weighted by atomic mass is 10.0. The lowest BCUT2D eigenvalue weighted by Gasteiger charge is -2.26. The summed E-state index contributed by atoms with van der Waals surface area (Å²) < 4.78 is 16.6. The van der Waals surface area contributed by atoms with Gasteiger partial charge in [0, 0.05) is 6.54 Å². The third-order valence-electron chi connectivity index (χ3n) is 4.36. The van der Waals surface area contributed by atoms with Gasteiger partial charge in [0.15, 0.2) is 5.58 Å². The Balaban J connectivity index is 1.66. The van der Waals surface area contributed by atoms with Crippen molar-refractivity contribution < 1.29 is 28.3 Å². The average molecular weight is 403 g/mol. The van der Waals surface area contributed by atoms with Crippen molar-refractivity contribution in [2.24, 2.45) is 0 Å². The Kier molecular flexibility index (Phi) is 6.01. The van der Waals surface area contributed by atoms with E-state index >= 15 is 0 Å². The predicted molar refractivity (Wildman–Crippen MR) is 101 cm³/mol. The molecule has 10 nitrogen and oxygen atoms in total. The van der Waals surface area contributed by atoms with Gasteiger partial charge in [-0.2, -0.15) is 0 Å². The number of carbonyl (C=O) groups excluding carboxylic acids is 3. The highest BCUT2D eigenvalue weighted by Gasteiger charge is 2.30. The molecule has 0 radical (unpaired) electrons. The molecule has 2 aromatic rings. The van der Waals surface area contributed by atoms with Gasteiger partial charge >= 0.3 is 23.7 Å². The first-order valence-corrected chi connectivity index (χ1v) is 9.12. The van der Waals surface area contributed by atoms with Gasteiger partial charge in [0.2, 0.25) is 0 Å². The maximum Gasteiger partial charge on any atom is 0.419 e. The third kappa shape index (κ3) is 4.48. The van der Waals surface area contributed by atoms with Crippen molar-refractivity contribution in [2.45, 2.75) is 32.9 Å². The van der Waals surface area contributed by atoms with Gasteiger partial charge in [0.05, 0.1) is 35.9 Å². The second-order valence-corrected chi connectivity index (χ2v) is 6.33. The second kappa shape index (κ2) is 8.63. The summed E-state index contributed by atoms with van der Waals surface area (Å²) >= 11 is 0. The van der Waals surface area contributed by atoms with Crippen molar-refractivity contribution >= 4 is 29.1 Å². The topological polar surface area (TPSA) is 129 Å². The number of carbonyl (C=O) groups is 3. The number of hydrogen-bond donors (Lipinski definition) is 2. The second-order valence-electron chi connectivity index (χ2n) is 6.33. The van der Waals surface area contributed by atoms with Crippen molar-refractivity contribution in [1.82, 2.24) is 15.2 Å². The van der Waals surface area contributed by atoms with Gasteiger partial charge in [0.25, 0.3) is 0 Å². The third-order valence-corrected chi connectivity index (χ3v) is 4.36. The molecule has 2 N–H and O–H groups in total. The van der Waals surface area contributed by atoms with Gasteiger partial charge in [0.1, 0.15) is 6.61 Å². The molecule has 1 aliphatic rings. The molecule has 2 amide bonds. The fourth-order valence-corrected chi connectivity index (χ4v) is 3.05. The number of nitrogens with zero attached hydrogens (tertiary/aromatic N) is 1. The number of aryl methyl sites for hydroxylation is 1. The molecule has 154 valence electrons. The summed E-state index contributed by atoms with van der Waals surface area (Å²) in [6.07, 6.45) is -0.0901. The number of urea groups is 1. The van der Waals surface area contributed by atoms with Crippen LogP contribution in [-0.4, -0.2) is 41.8 Å². The van der Waals surface area contributed by atoms with Crippen LogP contribution in [0.25, 0.3) is 11.1 Å². The van der Waals surface area contributed by atoms with E-state index < -0.39 is 29.8 Å². The van der Waals surface area contributed by atoms with E-state index in [1.165, 1.54) is 4.57 Å². The van der Waals surface area contributed by atoms with Crippen LogP contribution in [0.3, 0.4) is 0 Å². The van der Waals surface area contributed by atoms with Gasteiger partial charge in [-0.1, -0.05) is 12.1 Å². The van der Waals surface area contributed by atoms with Crippen molar-refractivity contribution in [3.63, 3.8) is 0 Å². The van der Waals surface area contributed by atoms with Crippen LogP contribution in [0.2, 0.25) is 0 Å². The summed E-state index contributed by atoms with van der Waals surface area (Å²) in [5.41, 5.74) is 1.37. The normalized spacial score (nSPS) is 16.3. The van der Waals surface area contributed by atoms with E-state index in [-0.39, 0.29) is 37.4 Å². The summed E-state index contributed by atoms with van der Waals surface area (Å²) in [6, 6.07) is 5.79. The van der Waals surface area contributed by atoms with Crippen LogP contribution in [0.15, 0.2) is 44.7 Å². The quantitative estimate of drug-likeness (QED) is 0.661. The van der Waals surface area contributed by atoms with E-state index in [1.807, 2.05) is 0 Å². The zero-order chi connectivity index (χ0) is 21.0. The molecule has 0 bridgehead atoms. The number of hydrogen-bond acceptors (Lipinski definition) is 7. The van der Waals surface area contributed by atoms with Crippen LogP contribution >= 0.6 is 0 Å². The number of nitrogens with one attached hydrogen (secondary N) is 2. The number of aromatic nitrogens is 1. The Labute approximate surface area is 165 Å². The Morgan fingerprint density at radius 2 is 1.97 bits per heavy atom. The number of amides is 2. The SMILES string of the molecule is CCOC(=O)C1=C(COC(=O)CCn2c(=O)oc3ccccc32)NC(=O)N[C@@H]1C. The van der Waals surface area contributed by atoms with Crippen LogP contribution in [0.1, 0.15) is 20.3 Å². The summed E-state index contributed by atoms with van der Waals surface area (Å²) in [5, 5.41) is 5.03. The van der Waals surface area contributed by atoms with Crippen LogP contribution in [-0.2, 0) is 25.6 Å². The Morgan fingerprint density at radius 3 is 2.72 bits per heavy atom. The minimum absolute atomic E-state index is 0.0722. The minimum Gasteiger partial charge on any atom is -0.463 e. The van der Waals surface area contributed by atoms with Crippen molar-refractivity contribution in [2.75, 3.05) is 13.2 Å². The standard InChI is InChI=1S/C19H21N3O7/c1-3-27-17(24)16-11(2)20-18(25)21-12(16)10-28-15(23)8-9-22-13-6-4-5-7-14(13)29-19(22)26/h4-7,11H,3,8-10H2,1-2H3,(H2,20,21,25)/t11-/m1/s1.